The maximum absolute atomic E-state index is 13.4. The van der Waals surface area contributed by atoms with Crippen molar-refractivity contribution < 1.29 is 19.4 Å². The van der Waals surface area contributed by atoms with Crippen molar-refractivity contribution in [3.63, 3.8) is 0 Å². The molecule has 7 heteroatoms. The van der Waals surface area contributed by atoms with Gasteiger partial charge in [0.1, 0.15) is 0 Å². The smallest absolute Gasteiger partial charge is 0.222 e. The van der Waals surface area contributed by atoms with Crippen LogP contribution < -0.4 is 0 Å². The molecule has 0 aliphatic carbocycles. The van der Waals surface area contributed by atoms with Crippen molar-refractivity contribution in [3.8, 4) is 0 Å². The summed E-state index contributed by atoms with van der Waals surface area (Å²) in [6.45, 7) is 16.1. The SMILES string of the molecule is CCCCCCCCCCN(CCCCCCCCCC)C(=O)CCCCCCCN(CCCCCCCC(=O)N(CCCCCCCCCC)CCCCCCCCCC)C1COCC1O. The van der Waals surface area contributed by atoms with Crippen LogP contribution in [-0.4, -0.2) is 96.2 Å². The second-order valence-corrected chi connectivity index (χ2v) is 21.4. The van der Waals surface area contributed by atoms with E-state index in [-0.39, 0.29) is 6.04 Å². The lowest BCUT2D eigenvalue weighted by Crippen LogP contribution is -2.44. The zero-order valence-electron chi connectivity index (χ0n) is 45.9. The van der Waals surface area contributed by atoms with Gasteiger partial charge in [-0.15, -0.1) is 0 Å². The Morgan fingerprint density at radius 3 is 0.836 bits per heavy atom. The molecule has 0 saturated carbocycles. The number of unbranched alkanes of at least 4 members (excludes halogenated alkanes) is 36. The van der Waals surface area contributed by atoms with E-state index in [1.165, 1.54) is 205 Å². The Balaban J connectivity index is 2.41. The molecule has 1 saturated heterocycles. The predicted molar refractivity (Wildman–Crippen MR) is 291 cm³/mol. The second-order valence-electron chi connectivity index (χ2n) is 21.4. The fourth-order valence-electron chi connectivity index (χ4n) is 10.4. The Morgan fingerprint density at radius 2 is 0.582 bits per heavy atom. The largest absolute Gasteiger partial charge is 0.389 e. The van der Waals surface area contributed by atoms with Crippen LogP contribution in [-0.2, 0) is 14.3 Å². The number of rotatable bonds is 53. The highest BCUT2D eigenvalue weighted by Crippen LogP contribution is 2.19. The van der Waals surface area contributed by atoms with E-state index in [0.29, 0.717) is 37.9 Å². The predicted octanol–water partition coefficient (Wildman–Crippen LogP) is 16.9. The molecule has 0 aromatic rings. The number of hydrogen-bond acceptors (Lipinski definition) is 5. The van der Waals surface area contributed by atoms with Crippen LogP contribution in [0.5, 0.6) is 0 Å². The molecular formula is C60H119N3O4. The molecule has 2 atom stereocenters. The molecule has 67 heavy (non-hydrogen) atoms. The van der Waals surface area contributed by atoms with Gasteiger partial charge in [-0.25, -0.2) is 0 Å². The van der Waals surface area contributed by atoms with Crippen LogP contribution in [0.3, 0.4) is 0 Å². The van der Waals surface area contributed by atoms with Gasteiger partial charge in [-0.1, -0.05) is 246 Å². The molecule has 1 aliphatic rings. The van der Waals surface area contributed by atoms with Gasteiger partial charge >= 0.3 is 0 Å². The zero-order valence-corrected chi connectivity index (χ0v) is 45.9. The monoisotopic (exact) mass is 946 g/mol. The van der Waals surface area contributed by atoms with Gasteiger partial charge in [0.05, 0.1) is 25.4 Å². The molecule has 1 N–H and O–H groups in total. The Bertz CT molecular complexity index is 933. The van der Waals surface area contributed by atoms with Crippen LogP contribution in [0.25, 0.3) is 0 Å². The normalized spacial score (nSPS) is 15.0. The van der Waals surface area contributed by atoms with Crippen molar-refractivity contribution in [2.45, 2.75) is 322 Å². The molecule has 7 nitrogen and oxygen atoms in total. The summed E-state index contributed by atoms with van der Waals surface area (Å²) in [5.41, 5.74) is 0. The minimum Gasteiger partial charge on any atom is -0.389 e. The fraction of sp³-hybridized carbons (Fsp3) is 0.967. The quantitative estimate of drug-likeness (QED) is 0.0615. The third-order valence-corrected chi connectivity index (χ3v) is 15.0. The van der Waals surface area contributed by atoms with Gasteiger partial charge < -0.3 is 19.6 Å². The molecule has 398 valence electrons. The first-order valence-electron chi connectivity index (χ1n) is 30.5. The Hall–Kier alpha value is -1.18. The van der Waals surface area contributed by atoms with Crippen LogP contribution in [0.4, 0.5) is 0 Å². The summed E-state index contributed by atoms with van der Waals surface area (Å²) in [7, 11) is 0. The third kappa shape index (κ3) is 39.2. The second kappa shape index (κ2) is 49.8. The van der Waals surface area contributed by atoms with Crippen LogP contribution >= 0.6 is 0 Å². The molecule has 1 aliphatic heterocycles. The summed E-state index contributed by atoms with van der Waals surface area (Å²) < 4.78 is 5.71. The van der Waals surface area contributed by atoms with E-state index in [2.05, 4.69) is 42.4 Å². The minimum atomic E-state index is -0.393. The van der Waals surface area contributed by atoms with E-state index >= 15 is 0 Å². The summed E-state index contributed by atoms with van der Waals surface area (Å²) in [6, 6.07) is 0.108. The maximum Gasteiger partial charge on any atom is 0.222 e. The van der Waals surface area contributed by atoms with E-state index in [0.717, 1.165) is 103 Å². The summed E-state index contributed by atoms with van der Waals surface area (Å²) in [5.74, 6) is 0.785. The van der Waals surface area contributed by atoms with Gasteiger partial charge in [-0.05, 0) is 64.5 Å². The molecule has 2 amide bonds. The molecule has 0 aromatic carbocycles. The summed E-state index contributed by atoms with van der Waals surface area (Å²) in [5, 5.41) is 10.7. The van der Waals surface area contributed by atoms with Crippen molar-refractivity contribution in [3.05, 3.63) is 0 Å². The first-order chi connectivity index (χ1) is 33.0. The van der Waals surface area contributed by atoms with Crippen molar-refractivity contribution in [1.29, 1.82) is 0 Å². The molecule has 2 unspecified atom stereocenters. The summed E-state index contributed by atoms with van der Waals surface area (Å²) in [4.78, 5) is 33.9. The van der Waals surface area contributed by atoms with Crippen molar-refractivity contribution >= 4 is 11.8 Å². The van der Waals surface area contributed by atoms with E-state index in [4.69, 9.17) is 4.74 Å². The standard InChI is InChI=1S/C60H119N3O4/c1-5-9-13-17-21-25-33-43-51-62(52-44-34-26-22-18-14-10-6-2)59(65)47-39-31-29-37-41-49-61(57-55-67-56-58(57)64)50-42-38-30-32-40-48-60(66)63(53-45-35-27-23-19-15-11-7-3)54-46-36-28-24-20-16-12-8-4/h57-58,64H,5-56H2,1-4H3. The van der Waals surface area contributed by atoms with Gasteiger partial charge in [0.2, 0.25) is 11.8 Å². The molecule has 0 radical (unpaired) electrons. The lowest BCUT2D eigenvalue weighted by Gasteiger charge is -2.30. The van der Waals surface area contributed by atoms with Crippen LogP contribution in [0, 0.1) is 0 Å². The molecule has 1 fully saturated rings. The van der Waals surface area contributed by atoms with Crippen LogP contribution in [0.1, 0.15) is 310 Å². The molecular weight excluding hydrogens is 827 g/mol. The van der Waals surface area contributed by atoms with Gasteiger partial charge in [0.15, 0.2) is 0 Å². The number of amides is 2. The average molecular weight is 947 g/mol. The molecule has 1 heterocycles. The molecule has 0 spiro atoms. The topological polar surface area (TPSA) is 73.3 Å². The Labute approximate surface area is 419 Å². The first kappa shape index (κ1) is 63.8. The van der Waals surface area contributed by atoms with Gasteiger partial charge in [0.25, 0.3) is 0 Å². The number of carbonyl (C=O) groups excluding carboxylic acids is 2. The highest BCUT2D eigenvalue weighted by Gasteiger charge is 2.31. The zero-order chi connectivity index (χ0) is 48.5. The molecule has 1 rings (SSSR count). The highest BCUT2D eigenvalue weighted by atomic mass is 16.5. The van der Waals surface area contributed by atoms with E-state index in [1.807, 2.05) is 0 Å². The minimum absolute atomic E-state index is 0.108. The van der Waals surface area contributed by atoms with Crippen LogP contribution in [0.15, 0.2) is 0 Å². The van der Waals surface area contributed by atoms with E-state index in [1.54, 1.807) is 0 Å². The fourth-order valence-corrected chi connectivity index (χ4v) is 10.4. The Morgan fingerprint density at radius 1 is 0.343 bits per heavy atom. The number of ether oxygens (including phenoxy) is 1. The van der Waals surface area contributed by atoms with E-state index in [9.17, 15) is 14.7 Å². The molecule has 0 bridgehead atoms. The van der Waals surface area contributed by atoms with Crippen LogP contribution in [0.2, 0.25) is 0 Å². The number of aliphatic hydroxyl groups excluding tert-OH is 1. The number of aliphatic hydroxyl groups is 1. The lowest BCUT2D eigenvalue weighted by atomic mass is 10.1. The van der Waals surface area contributed by atoms with Gasteiger partial charge in [-0.2, -0.15) is 0 Å². The summed E-state index contributed by atoms with van der Waals surface area (Å²) >= 11 is 0. The number of hydrogen-bond donors (Lipinski definition) is 1. The van der Waals surface area contributed by atoms with E-state index < -0.39 is 6.10 Å². The maximum atomic E-state index is 13.4. The lowest BCUT2D eigenvalue weighted by molar-refractivity contribution is -0.132. The summed E-state index contributed by atoms with van der Waals surface area (Å²) in [6.07, 6.45) is 54.2. The number of nitrogens with zero attached hydrogens (tertiary/aromatic N) is 3. The highest BCUT2D eigenvalue weighted by molar-refractivity contribution is 5.76. The van der Waals surface area contributed by atoms with Crippen molar-refractivity contribution in [2.24, 2.45) is 0 Å². The third-order valence-electron chi connectivity index (χ3n) is 15.0. The van der Waals surface area contributed by atoms with Crippen molar-refractivity contribution in [1.82, 2.24) is 14.7 Å². The first-order valence-corrected chi connectivity index (χ1v) is 30.5. The van der Waals surface area contributed by atoms with Gasteiger partial charge in [-0.3, -0.25) is 14.5 Å². The average Bonchev–Trinajstić information content (AvgIpc) is 3.77. The van der Waals surface area contributed by atoms with Gasteiger partial charge in [0, 0.05) is 39.0 Å². The van der Waals surface area contributed by atoms with Crippen molar-refractivity contribution in [2.75, 3.05) is 52.5 Å². The Kier molecular flexibility index (Phi) is 47.4. The molecule has 0 aromatic heterocycles. The number of carbonyl (C=O) groups is 2.